The van der Waals surface area contributed by atoms with Crippen molar-refractivity contribution in [2.45, 2.75) is 13.5 Å². The van der Waals surface area contributed by atoms with E-state index < -0.39 is 0 Å². The zero-order valence-corrected chi connectivity index (χ0v) is 22.6. The van der Waals surface area contributed by atoms with Gasteiger partial charge in [0.2, 0.25) is 0 Å². The summed E-state index contributed by atoms with van der Waals surface area (Å²) in [7, 11) is 1.79. The number of amides is 1. The molecule has 0 unspecified atom stereocenters. The van der Waals surface area contributed by atoms with Crippen molar-refractivity contribution in [3.8, 4) is 11.5 Å². The molecule has 0 N–H and O–H groups in total. The minimum absolute atomic E-state index is 0.177. The van der Waals surface area contributed by atoms with Crippen LogP contribution in [0.4, 0.5) is 5.69 Å². The van der Waals surface area contributed by atoms with Crippen molar-refractivity contribution in [1.29, 1.82) is 0 Å². The van der Waals surface area contributed by atoms with Gasteiger partial charge >= 0.3 is 0 Å². The highest BCUT2D eigenvalue weighted by Crippen LogP contribution is 2.39. The minimum atomic E-state index is -0.177. The molecule has 0 spiro atoms. The van der Waals surface area contributed by atoms with Crippen LogP contribution in [0.1, 0.15) is 18.1 Å². The highest BCUT2D eigenvalue weighted by molar-refractivity contribution is 9.10. The van der Waals surface area contributed by atoms with E-state index in [4.69, 9.17) is 21.7 Å². The lowest BCUT2D eigenvalue weighted by Gasteiger charge is -2.16. The Morgan fingerprint density at radius 3 is 2.38 bits per heavy atom. The molecule has 0 atom stereocenters. The minimum Gasteiger partial charge on any atom is -0.490 e. The van der Waals surface area contributed by atoms with Crippen LogP contribution in [-0.2, 0) is 11.4 Å². The fourth-order valence-corrected chi connectivity index (χ4v) is 4.65. The molecule has 3 aromatic rings. The Balaban J connectivity index is 1.63. The summed E-state index contributed by atoms with van der Waals surface area (Å²) in [6.07, 6.45) is 1.81. The lowest BCUT2D eigenvalue weighted by molar-refractivity contribution is -0.114. The number of anilines is 1. The van der Waals surface area contributed by atoms with Crippen molar-refractivity contribution in [3.05, 3.63) is 92.5 Å². The van der Waals surface area contributed by atoms with E-state index in [1.54, 1.807) is 11.9 Å². The lowest BCUT2D eigenvalue weighted by atomic mass is 10.1. The molecule has 1 aliphatic heterocycles. The highest BCUT2D eigenvalue weighted by Gasteiger charge is 2.36. The second kappa shape index (κ2) is 10.7. The quantitative estimate of drug-likeness (QED) is 0.220. The fourth-order valence-electron chi connectivity index (χ4n) is 3.53. The summed E-state index contributed by atoms with van der Waals surface area (Å²) in [5.74, 6) is 1.03. The van der Waals surface area contributed by atoms with Gasteiger partial charge in [-0.05, 0) is 88.7 Å². The molecular formula is C26H22Br2N2O3S. The third-order valence-electron chi connectivity index (χ3n) is 5.21. The van der Waals surface area contributed by atoms with Gasteiger partial charge in [0.1, 0.15) is 12.3 Å². The van der Waals surface area contributed by atoms with Gasteiger partial charge in [0.15, 0.2) is 16.6 Å². The second-order valence-corrected chi connectivity index (χ2v) is 9.66. The number of likely N-dealkylation sites (N-methyl/N-ethyl adjacent to an activating group) is 1. The summed E-state index contributed by atoms with van der Waals surface area (Å²) in [5.41, 5.74) is 3.04. The maximum Gasteiger partial charge on any atom is 0.281 e. The predicted molar refractivity (Wildman–Crippen MR) is 146 cm³/mol. The molecule has 8 heteroatoms. The van der Waals surface area contributed by atoms with Crippen molar-refractivity contribution < 1.29 is 14.3 Å². The molecule has 0 bridgehead atoms. The first kappa shape index (κ1) is 24.4. The number of benzene rings is 3. The van der Waals surface area contributed by atoms with E-state index in [0.717, 1.165) is 25.8 Å². The van der Waals surface area contributed by atoms with Crippen LogP contribution in [-0.4, -0.2) is 29.6 Å². The standard InChI is InChI=1S/C26H22Br2N2O3S/c1-3-32-23-15-18(13-21(28)24(23)33-16-17-9-11-19(27)12-10-17)14-22-25(31)30(26(34)29(22)2)20-7-5-4-6-8-20/h4-15H,3,16H2,1-2H3/b22-14-. The van der Waals surface area contributed by atoms with Gasteiger partial charge in [0.05, 0.1) is 16.8 Å². The SMILES string of the molecule is CCOc1cc(/C=C2/C(=O)N(c3ccccc3)C(=S)N2C)cc(Br)c1OCc1ccc(Br)cc1. The first-order chi connectivity index (χ1) is 16.4. The van der Waals surface area contributed by atoms with Crippen LogP contribution >= 0.6 is 44.1 Å². The molecule has 0 aromatic heterocycles. The maximum atomic E-state index is 13.2. The predicted octanol–water partition coefficient (Wildman–Crippen LogP) is 6.79. The number of halogens is 2. The first-order valence-electron chi connectivity index (χ1n) is 10.6. The zero-order valence-electron chi connectivity index (χ0n) is 18.6. The Labute approximate surface area is 221 Å². The van der Waals surface area contributed by atoms with Crippen LogP contribution in [0.5, 0.6) is 11.5 Å². The maximum absolute atomic E-state index is 13.2. The Morgan fingerprint density at radius 2 is 1.71 bits per heavy atom. The van der Waals surface area contributed by atoms with E-state index in [-0.39, 0.29) is 5.91 Å². The Hall–Kier alpha value is -2.68. The van der Waals surface area contributed by atoms with Gasteiger partial charge in [0.25, 0.3) is 5.91 Å². The highest BCUT2D eigenvalue weighted by atomic mass is 79.9. The molecule has 3 aromatic carbocycles. The lowest BCUT2D eigenvalue weighted by Crippen LogP contribution is -2.30. The van der Waals surface area contributed by atoms with Gasteiger partial charge in [-0.1, -0.05) is 46.3 Å². The molecule has 0 saturated carbocycles. The smallest absolute Gasteiger partial charge is 0.281 e. The van der Waals surface area contributed by atoms with Crippen LogP contribution < -0.4 is 14.4 Å². The van der Waals surface area contributed by atoms with E-state index in [1.807, 2.05) is 79.7 Å². The Morgan fingerprint density at radius 1 is 1.00 bits per heavy atom. The topological polar surface area (TPSA) is 42.0 Å². The molecule has 1 fully saturated rings. The number of carbonyl (C=O) groups is 1. The zero-order chi connectivity index (χ0) is 24.2. The van der Waals surface area contributed by atoms with Gasteiger partial charge in [-0.2, -0.15) is 0 Å². The van der Waals surface area contributed by atoms with Gasteiger partial charge in [-0.25, -0.2) is 0 Å². The molecule has 1 heterocycles. The summed E-state index contributed by atoms with van der Waals surface area (Å²) in [6, 6.07) is 21.1. The molecule has 0 aliphatic carbocycles. The van der Waals surface area contributed by atoms with E-state index >= 15 is 0 Å². The molecule has 0 radical (unpaired) electrons. The third-order valence-corrected chi connectivity index (χ3v) is 6.78. The van der Waals surface area contributed by atoms with Crippen molar-refractivity contribution in [3.63, 3.8) is 0 Å². The summed E-state index contributed by atoms with van der Waals surface area (Å²) in [6.45, 7) is 2.79. The molecule has 34 heavy (non-hydrogen) atoms. The number of nitrogens with zero attached hydrogens (tertiary/aromatic N) is 2. The normalized spacial score (nSPS) is 14.8. The van der Waals surface area contributed by atoms with E-state index in [2.05, 4.69) is 31.9 Å². The Bertz CT molecular complexity index is 1250. The monoisotopic (exact) mass is 600 g/mol. The van der Waals surface area contributed by atoms with Crippen molar-refractivity contribution in [1.82, 2.24) is 4.90 Å². The molecule has 5 nitrogen and oxygen atoms in total. The summed E-state index contributed by atoms with van der Waals surface area (Å²) < 4.78 is 13.7. The number of rotatable bonds is 7. The van der Waals surface area contributed by atoms with E-state index in [0.29, 0.717) is 35.5 Å². The number of hydrogen-bond donors (Lipinski definition) is 0. The van der Waals surface area contributed by atoms with Gasteiger partial charge in [-0.3, -0.25) is 9.69 Å². The van der Waals surface area contributed by atoms with E-state index in [1.165, 1.54) is 4.90 Å². The second-order valence-electron chi connectivity index (χ2n) is 7.53. The van der Waals surface area contributed by atoms with E-state index in [9.17, 15) is 4.79 Å². The fraction of sp³-hybridized carbons (Fsp3) is 0.154. The van der Waals surface area contributed by atoms with Crippen molar-refractivity contribution in [2.75, 3.05) is 18.6 Å². The van der Waals surface area contributed by atoms with Crippen LogP contribution in [0, 0.1) is 0 Å². The van der Waals surface area contributed by atoms with Crippen LogP contribution in [0.3, 0.4) is 0 Å². The summed E-state index contributed by atoms with van der Waals surface area (Å²) in [5, 5.41) is 0.431. The average Bonchev–Trinajstić information content (AvgIpc) is 3.03. The molecule has 1 aliphatic rings. The average molecular weight is 602 g/mol. The summed E-state index contributed by atoms with van der Waals surface area (Å²) >= 11 is 12.6. The number of thiocarbonyl (C=S) groups is 1. The van der Waals surface area contributed by atoms with Crippen molar-refractivity contribution in [2.24, 2.45) is 0 Å². The third kappa shape index (κ3) is 5.19. The van der Waals surface area contributed by atoms with Gasteiger partial charge in [-0.15, -0.1) is 0 Å². The molecule has 4 rings (SSSR count). The van der Waals surface area contributed by atoms with Crippen LogP contribution in [0.15, 0.2) is 81.4 Å². The number of ether oxygens (including phenoxy) is 2. The van der Waals surface area contributed by atoms with Crippen LogP contribution in [0.25, 0.3) is 6.08 Å². The molecule has 1 saturated heterocycles. The number of hydrogen-bond acceptors (Lipinski definition) is 4. The van der Waals surface area contributed by atoms with Crippen LogP contribution in [0.2, 0.25) is 0 Å². The Kier molecular flexibility index (Phi) is 7.70. The number of carbonyl (C=O) groups excluding carboxylic acids is 1. The molecule has 174 valence electrons. The van der Waals surface area contributed by atoms with Gasteiger partial charge < -0.3 is 14.4 Å². The molecular weight excluding hydrogens is 580 g/mol. The molecule has 1 amide bonds. The largest absolute Gasteiger partial charge is 0.490 e. The van der Waals surface area contributed by atoms with Gasteiger partial charge in [0, 0.05) is 11.5 Å². The van der Waals surface area contributed by atoms with Crippen molar-refractivity contribution >= 4 is 66.9 Å². The summed E-state index contributed by atoms with van der Waals surface area (Å²) in [4.78, 5) is 16.5. The first-order valence-corrected chi connectivity index (χ1v) is 12.6. The number of para-hydroxylation sites is 1.